The third kappa shape index (κ3) is 3.42. The van der Waals surface area contributed by atoms with E-state index in [1.54, 1.807) is 30.3 Å². The van der Waals surface area contributed by atoms with Crippen LogP contribution in [0.2, 0.25) is 5.02 Å². The fourth-order valence-electron chi connectivity index (χ4n) is 2.53. The molecule has 0 N–H and O–H groups in total. The van der Waals surface area contributed by atoms with Crippen LogP contribution >= 0.6 is 11.6 Å². The Morgan fingerprint density at radius 1 is 1.45 bits per heavy atom. The summed E-state index contributed by atoms with van der Waals surface area (Å²) in [6.45, 7) is 0.336. The number of halogens is 1. The Kier molecular flexibility index (Phi) is 4.34. The van der Waals surface area contributed by atoms with Gasteiger partial charge in [0.25, 0.3) is 0 Å². The first-order chi connectivity index (χ1) is 10.6. The molecule has 2 atom stereocenters. The molecule has 0 saturated carbocycles. The summed E-state index contributed by atoms with van der Waals surface area (Å²) in [7, 11) is 0. The molecular formula is C16H15ClO5. The number of Topliss-reactive ketones (excluding diaryl/α,β-unsaturated/α-hetero) is 1. The molecule has 2 aliphatic heterocycles. The zero-order chi connectivity index (χ0) is 15.5. The molecule has 0 aromatic heterocycles. The van der Waals surface area contributed by atoms with Crippen molar-refractivity contribution in [3.8, 4) is 5.75 Å². The fraction of sp³-hybridized carbons (Fsp3) is 0.375. The number of ketones is 1. The van der Waals surface area contributed by atoms with E-state index in [0.29, 0.717) is 29.6 Å². The van der Waals surface area contributed by atoms with Gasteiger partial charge in [-0.3, -0.25) is 9.59 Å². The molecule has 3 rings (SSSR count). The number of esters is 1. The molecule has 0 bridgehead atoms. The van der Waals surface area contributed by atoms with Gasteiger partial charge in [-0.2, -0.15) is 0 Å². The van der Waals surface area contributed by atoms with E-state index in [-0.39, 0.29) is 36.8 Å². The lowest BCUT2D eigenvalue weighted by Gasteiger charge is -2.06. The zero-order valence-electron chi connectivity index (χ0n) is 11.8. The molecule has 1 aromatic rings. The van der Waals surface area contributed by atoms with Gasteiger partial charge in [0.05, 0.1) is 12.3 Å². The number of hydrogen-bond donors (Lipinski definition) is 0. The van der Waals surface area contributed by atoms with Crippen LogP contribution in [0, 0.1) is 5.92 Å². The van der Waals surface area contributed by atoms with Crippen molar-refractivity contribution in [2.75, 3.05) is 13.2 Å². The van der Waals surface area contributed by atoms with Gasteiger partial charge in [0.15, 0.2) is 5.78 Å². The molecular weight excluding hydrogens is 308 g/mol. The summed E-state index contributed by atoms with van der Waals surface area (Å²) in [6, 6.07) is 6.89. The van der Waals surface area contributed by atoms with Crippen molar-refractivity contribution in [1.82, 2.24) is 0 Å². The van der Waals surface area contributed by atoms with E-state index in [4.69, 9.17) is 25.8 Å². The molecule has 5 nitrogen and oxygen atoms in total. The van der Waals surface area contributed by atoms with E-state index in [1.807, 2.05) is 0 Å². The van der Waals surface area contributed by atoms with Gasteiger partial charge in [-0.05, 0) is 24.3 Å². The largest absolute Gasteiger partial charge is 0.494 e. The first-order valence-electron chi connectivity index (χ1n) is 7.04. The predicted molar refractivity (Wildman–Crippen MR) is 78.6 cm³/mol. The molecule has 0 aliphatic carbocycles. The van der Waals surface area contributed by atoms with Crippen LogP contribution in [0.1, 0.15) is 12.8 Å². The lowest BCUT2D eigenvalue weighted by molar-refractivity contribution is -0.142. The second kappa shape index (κ2) is 6.40. The fourth-order valence-corrected chi connectivity index (χ4v) is 2.71. The molecule has 0 spiro atoms. The summed E-state index contributed by atoms with van der Waals surface area (Å²) < 4.78 is 16.0. The predicted octanol–water partition coefficient (Wildman–Crippen LogP) is 2.52. The van der Waals surface area contributed by atoms with E-state index in [9.17, 15) is 9.59 Å². The van der Waals surface area contributed by atoms with Gasteiger partial charge in [0.2, 0.25) is 0 Å². The highest BCUT2D eigenvalue weighted by molar-refractivity contribution is 6.30. The maximum Gasteiger partial charge on any atom is 0.307 e. The second-order valence-corrected chi connectivity index (χ2v) is 5.68. The molecule has 2 aliphatic rings. The van der Waals surface area contributed by atoms with Gasteiger partial charge >= 0.3 is 5.97 Å². The monoisotopic (exact) mass is 322 g/mol. The van der Waals surface area contributed by atoms with Crippen LogP contribution < -0.4 is 4.74 Å². The molecule has 116 valence electrons. The molecule has 0 amide bonds. The molecule has 6 heteroatoms. The van der Waals surface area contributed by atoms with Crippen LogP contribution in [0.3, 0.4) is 0 Å². The molecule has 1 aromatic carbocycles. The SMILES string of the molecule is O=C(CC=C1OC[C@@H]2OC(=O)C[C@H]12)COc1cccc(Cl)c1. The standard InChI is InChI=1S/C16H15ClO5/c17-10-2-1-3-12(6-10)20-8-11(18)4-5-14-13-7-16(19)22-15(13)9-21-14/h1-3,5-6,13,15H,4,7-9H2/t13-,15+/m1/s1. The smallest absolute Gasteiger partial charge is 0.307 e. The van der Waals surface area contributed by atoms with Crippen LogP contribution in [0.5, 0.6) is 5.75 Å². The van der Waals surface area contributed by atoms with Crippen molar-refractivity contribution in [2.45, 2.75) is 18.9 Å². The quantitative estimate of drug-likeness (QED) is 0.780. The summed E-state index contributed by atoms with van der Waals surface area (Å²) >= 11 is 5.84. The lowest BCUT2D eigenvalue weighted by atomic mass is 10.0. The van der Waals surface area contributed by atoms with Gasteiger partial charge in [-0.1, -0.05) is 17.7 Å². The van der Waals surface area contributed by atoms with Gasteiger partial charge in [0.1, 0.15) is 30.8 Å². The number of ether oxygens (including phenoxy) is 3. The number of benzene rings is 1. The Hall–Kier alpha value is -2.01. The summed E-state index contributed by atoms with van der Waals surface area (Å²) in [6.07, 6.45) is 2.05. The van der Waals surface area contributed by atoms with Crippen LogP contribution in [0.25, 0.3) is 0 Å². The van der Waals surface area contributed by atoms with E-state index < -0.39 is 0 Å². The van der Waals surface area contributed by atoms with Crippen molar-refractivity contribution in [2.24, 2.45) is 5.92 Å². The van der Waals surface area contributed by atoms with Crippen LogP contribution in [-0.2, 0) is 19.1 Å². The number of rotatable bonds is 5. The average Bonchev–Trinajstić information content (AvgIpc) is 3.02. The molecule has 2 heterocycles. The van der Waals surface area contributed by atoms with Crippen LogP contribution in [0.15, 0.2) is 36.1 Å². The zero-order valence-corrected chi connectivity index (χ0v) is 12.5. The summed E-state index contributed by atoms with van der Waals surface area (Å²) in [5.41, 5.74) is 0. The van der Waals surface area contributed by atoms with Crippen molar-refractivity contribution in [3.05, 3.63) is 41.1 Å². The number of fused-ring (bicyclic) bond motifs is 1. The number of carbonyl (C=O) groups is 2. The Labute approximate surface area is 132 Å². The highest BCUT2D eigenvalue weighted by Gasteiger charge is 2.43. The topological polar surface area (TPSA) is 61.8 Å². The van der Waals surface area contributed by atoms with Gasteiger partial charge in [-0.25, -0.2) is 0 Å². The highest BCUT2D eigenvalue weighted by atomic mass is 35.5. The molecule has 2 saturated heterocycles. The number of hydrogen-bond acceptors (Lipinski definition) is 5. The third-order valence-corrected chi connectivity index (χ3v) is 3.86. The van der Waals surface area contributed by atoms with E-state index in [1.165, 1.54) is 0 Å². The first kappa shape index (κ1) is 14.9. The van der Waals surface area contributed by atoms with Gasteiger partial charge < -0.3 is 14.2 Å². The van der Waals surface area contributed by atoms with E-state index >= 15 is 0 Å². The molecule has 0 radical (unpaired) electrons. The van der Waals surface area contributed by atoms with E-state index in [0.717, 1.165) is 0 Å². The first-order valence-corrected chi connectivity index (χ1v) is 7.42. The van der Waals surface area contributed by atoms with Crippen molar-refractivity contribution < 1.29 is 23.8 Å². The Bertz CT molecular complexity index is 625. The minimum atomic E-state index is -0.209. The van der Waals surface area contributed by atoms with Crippen LogP contribution in [-0.4, -0.2) is 31.1 Å². The van der Waals surface area contributed by atoms with Crippen molar-refractivity contribution >= 4 is 23.4 Å². The van der Waals surface area contributed by atoms with Crippen LogP contribution in [0.4, 0.5) is 0 Å². The second-order valence-electron chi connectivity index (χ2n) is 5.25. The Morgan fingerprint density at radius 3 is 3.14 bits per heavy atom. The molecule has 2 fully saturated rings. The third-order valence-electron chi connectivity index (χ3n) is 3.62. The minimum Gasteiger partial charge on any atom is -0.494 e. The lowest BCUT2D eigenvalue weighted by Crippen LogP contribution is -2.12. The summed E-state index contributed by atoms with van der Waals surface area (Å²) in [5, 5.41) is 0.559. The Balaban J connectivity index is 1.50. The summed E-state index contributed by atoms with van der Waals surface area (Å²) in [4.78, 5) is 23.1. The maximum absolute atomic E-state index is 11.9. The van der Waals surface area contributed by atoms with Crippen molar-refractivity contribution in [3.63, 3.8) is 0 Å². The normalized spacial score (nSPS) is 24.8. The van der Waals surface area contributed by atoms with Gasteiger partial charge in [-0.15, -0.1) is 0 Å². The molecule has 0 unspecified atom stereocenters. The maximum atomic E-state index is 11.9. The molecule has 22 heavy (non-hydrogen) atoms. The minimum absolute atomic E-state index is 0.0341. The highest BCUT2D eigenvalue weighted by Crippen LogP contribution is 2.35. The number of allylic oxidation sites excluding steroid dienone is 1. The van der Waals surface area contributed by atoms with E-state index in [2.05, 4.69) is 0 Å². The summed E-state index contributed by atoms with van der Waals surface area (Å²) in [5.74, 6) is 0.895. The average molecular weight is 323 g/mol. The Morgan fingerprint density at radius 2 is 2.32 bits per heavy atom. The van der Waals surface area contributed by atoms with Crippen molar-refractivity contribution in [1.29, 1.82) is 0 Å². The number of carbonyl (C=O) groups excluding carboxylic acids is 2. The van der Waals surface area contributed by atoms with Gasteiger partial charge in [0, 0.05) is 11.4 Å².